The molecule has 4 rings (SSSR count). The van der Waals surface area contributed by atoms with Crippen molar-refractivity contribution in [2.45, 2.75) is 51.7 Å². The third kappa shape index (κ3) is 3.76. The van der Waals surface area contributed by atoms with Gasteiger partial charge in [-0.25, -0.2) is 4.98 Å². The predicted molar refractivity (Wildman–Crippen MR) is 98.5 cm³/mol. The van der Waals surface area contributed by atoms with E-state index < -0.39 is 0 Å². The minimum atomic E-state index is -0.0625. The second-order valence-corrected chi connectivity index (χ2v) is 9.26. The third-order valence-corrected chi connectivity index (χ3v) is 6.91. The fraction of sp³-hybridized carbons (Fsp3) is 0.789. The number of piperidine rings is 1. The summed E-state index contributed by atoms with van der Waals surface area (Å²) < 4.78 is 6.23. The lowest BCUT2D eigenvalue weighted by Crippen LogP contribution is -2.58. The number of amides is 1. The van der Waals surface area contributed by atoms with Crippen molar-refractivity contribution < 1.29 is 9.53 Å². The van der Waals surface area contributed by atoms with Crippen LogP contribution in [0, 0.1) is 18.8 Å². The molecular weight excluding hydrogens is 334 g/mol. The van der Waals surface area contributed by atoms with Crippen molar-refractivity contribution in [3.05, 3.63) is 16.1 Å². The topological polar surface area (TPSA) is 45.7 Å². The van der Waals surface area contributed by atoms with Gasteiger partial charge in [0.25, 0.3) is 0 Å². The molecule has 2 aliphatic heterocycles. The van der Waals surface area contributed by atoms with Gasteiger partial charge in [0.15, 0.2) is 0 Å². The van der Waals surface area contributed by atoms with Crippen molar-refractivity contribution in [3.63, 3.8) is 0 Å². The van der Waals surface area contributed by atoms with E-state index in [9.17, 15) is 4.79 Å². The summed E-state index contributed by atoms with van der Waals surface area (Å²) in [5, 5.41) is 3.30. The lowest BCUT2D eigenvalue weighted by Gasteiger charge is -2.48. The zero-order valence-corrected chi connectivity index (χ0v) is 16.2. The summed E-state index contributed by atoms with van der Waals surface area (Å²) in [6, 6.07) is 0. The zero-order valence-electron chi connectivity index (χ0n) is 15.4. The Morgan fingerprint density at radius 3 is 2.76 bits per heavy atom. The normalized spacial score (nSPS) is 29.6. The Bertz CT molecular complexity index is 618. The van der Waals surface area contributed by atoms with Gasteiger partial charge >= 0.3 is 0 Å². The fourth-order valence-electron chi connectivity index (χ4n) is 4.57. The average molecular weight is 364 g/mol. The van der Waals surface area contributed by atoms with Gasteiger partial charge in [-0.05, 0) is 38.5 Å². The lowest BCUT2D eigenvalue weighted by atomic mass is 9.75. The molecule has 0 aromatic carbocycles. The standard InChI is InChI=1S/C19H29N3O2S/c1-14-9-16(10-14)18(23)22-5-3-19(4-6-22)13-21(7-8-24-19)11-17-12-25-15(2)20-17/h12,14,16H,3-11,13H2,1-2H3. The lowest BCUT2D eigenvalue weighted by molar-refractivity contribution is -0.156. The first-order valence-corrected chi connectivity index (χ1v) is 10.5. The van der Waals surface area contributed by atoms with Crippen molar-refractivity contribution in [2.24, 2.45) is 11.8 Å². The van der Waals surface area contributed by atoms with Crippen LogP contribution in [0.2, 0.25) is 0 Å². The summed E-state index contributed by atoms with van der Waals surface area (Å²) in [5.74, 6) is 1.41. The first-order valence-electron chi connectivity index (χ1n) is 9.59. The minimum absolute atomic E-state index is 0.0625. The molecule has 1 spiro atoms. The molecule has 3 fully saturated rings. The number of carbonyl (C=O) groups excluding carboxylic acids is 1. The van der Waals surface area contributed by atoms with Crippen LogP contribution in [0.3, 0.4) is 0 Å². The van der Waals surface area contributed by atoms with Crippen molar-refractivity contribution in [3.8, 4) is 0 Å². The van der Waals surface area contributed by atoms with Crippen LogP contribution < -0.4 is 0 Å². The quantitative estimate of drug-likeness (QED) is 0.828. The number of carbonyl (C=O) groups is 1. The Morgan fingerprint density at radius 1 is 1.36 bits per heavy atom. The Morgan fingerprint density at radius 2 is 2.12 bits per heavy atom. The highest BCUT2D eigenvalue weighted by Crippen LogP contribution is 2.37. The van der Waals surface area contributed by atoms with E-state index in [1.54, 1.807) is 11.3 Å². The van der Waals surface area contributed by atoms with Crippen molar-refractivity contribution in [2.75, 3.05) is 32.8 Å². The average Bonchev–Trinajstić information content (AvgIpc) is 2.97. The smallest absolute Gasteiger partial charge is 0.225 e. The van der Waals surface area contributed by atoms with Gasteiger partial charge < -0.3 is 9.64 Å². The van der Waals surface area contributed by atoms with Crippen molar-refractivity contribution >= 4 is 17.2 Å². The Balaban J connectivity index is 1.31. The Kier molecular flexibility index (Phi) is 4.86. The number of hydrogen-bond acceptors (Lipinski definition) is 5. The minimum Gasteiger partial charge on any atom is -0.372 e. The molecule has 1 aromatic rings. The number of thiazole rings is 1. The molecule has 1 aliphatic carbocycles. The zero-order chi connectivity index (χ0) is 17.4. The summed E-state index contributed by atoms with van der Waals surface area (Å²) in [7, 11) is 0. The second kappa shape index (κ2) is 6.97. The predicted octanol–water partition coefficient (Wildman–Crippen LogP) is 2.69. The van der Waals surface area contributed by atoms with Gasteiger partial charge in [-0.3, -0.25) is 9.69 Å². The van der Waals surface area contributed by atoms with Gasteiger partial charge in [0.05, 0.1) is 22.9 Å². The van der Waals surface area contributed by atoms with Crippen LogP contribution in [0.4, 0.5) is 0 Å². The van der Waals surface area contributed by atoms with Crippen LogP contribution in [0.15, 0.2) is 5.38 Å². The molecule has 2 saturated heterocycles. The number of morpholine rings is 1. The van der Waals surface area contributed by atoms with Gasteiger partial charge in [0.1, 0.15) is 0 Å². The van der Waals surface area contributed by atoms with E-state index in [0.717, 1.165) is 75.9 Å². The summed E-state index contributed by atoms with van der Waals surface area (Å²) in [6.45, 7) is 9.65. The number of likely N-dealkylation sites (tertiary alicyclic amines) is 1. The molecule has 5 nitrogen and oxygen atoms in total. The van der Waals surface area contributed by atoms with E-state index >= 15 is 0 Å². The number of aromatic nitrogens is 1. The van der Waals surface area contributed by atoms with Gasteiger partial charge in [0, 0.05) is 44.0 Å². The maximum Gasteiger partial charge on any atom is 0.225 e. The molecule has 25 heavy (non-hydrogen) atoms. The fourth-order valence-corrected chi connectivity index (χ4v) is 5.17. The molecule has 3 aliphatic rings. The number of ether oxygens (including phenoxy) is 1. The number of hydrogen-bond donors (Lipinski definition) is 0. The van der Waals surface area contributed by atoms with Crippen LogP contribution in [0.5, 0.6) is 0 Å². The van der Waals surface area contributed by atoms with Crippen LogP contribution in [0.1, 0.15) is 43.3 Å². The van der Waals surface area contributed by atoms with E-state index in [0.29, 0.717) is 11.8 Å². The highest BCUT2D eigenvalue weighted by atomic mass is 32.1. The van der Waals surface area contributed by atoms with Gasteiger partial charge in [0.2, 0.25) is 5.91 Å². The monoisotopic (exact) mass is 363 g/mol. The van der Waals surface area contributed by atoms with Gasteiger partial charge in [-0.15, -0.1) is 11.3 Å². The van der Waals surface area contributed by atoms with Crippen LogP contribution in [0.25, 0.3) is 0 Å². The van der Waals surface area contributed by atoms with Gasteiger partial charge in [-0.2, -0.15) is 0 Å². The van der Waals surface area contributed by atoms with Crippen LogP contribution >= 0.6 is 11.3 Å². The molecule has 1 saturated carbocycles. The molecule has 0 radical (unpaired) electrons. The first-order chi connectivity index (χ1) is 12.0. The number of rotatable bonds is 3. The van der Waals surface area contributed by atoms with E-state index in [-0.39, 0.29) is 5.60 Å². The first kappa shape index (κ1) is 17.4. The van der Waals surface area contributed by atoms with Gasteiger partial charge in [-0.1, -0.05) is 6.92 Å². The molecular formula is C19H29N3O2S. The van der Waals surface area contributed by atoms with Crippen LogP contribution in [-0.4, -0.2) is 59.1 Å². The summed E-state index contributed by atoms with van der Waals surface area (Å²) in [4.78, 5) is 21.7. The largest absolute Gasteiger partial charge is 0.372 e. The molecule has 138 valence electrons. The molecule has 0 bridgehead atoms. The number of nitrogens with zero attached hydrogens (tertiary/aromatic N) is 3. The molecule has 0 atom stereocenters. The highest BCUT2D eigenvalue weighted by Gasteiger charge is 2.42. The van der Waals surface area contributed by atoms with E-state index in [1.807, 2.05) is 0 Å². The third-order valence-electron chi connectivity index (χ3n) is 6.09. The van der Waals surface area contributed by atoms with E-state index in [4.69, 9.17) is 4.74 Å². The Hall–Kier alpha value is -0.980. The molecule has 6 heteroatoms. The molecule has 1 amide bonds. The molecule has 3 heterocycles. The highest BCUT2D eigenvalue weighted by molar-refractivity contribution is 7.09. The van der Waals surface area contributed by atoms with Crippen molar-refractivity contribution in [1.29, 1.82) is 0 Å². The Labute approximate surface area is 154 Å². The summed E-state index contributed by atoms with van der Waals surface area (Å²) >= 11 is 1.72. The van der Waals surface area contributed by atoms with Crippen molar-refractivity contribution in [1.82, 2.24) is 14.8 Å². The summed E-state index contributed by atoms with van der Waals surface area (Å²) in [5.41, 5.74) is 1.11. The summed E-state index contributed by atoms with van der Waals surface area (Å²) in [6.07, 6.45) is 4.09. The van der Waals surface area contributed by atoms with Crippen LogP contribution in [-0.2, 0) is 16.1 Å². The SMILES string of the molecule is Cc1nc(CN2CCOC3(CCN(C(=O)C4CC(C)C4)CC3)C2)cs1. The molecule has 0 N–H and O–H groups in total. The second-order valence-electron chi connectivity index (χ2n) is 8.20. The van der Waals surface area contributed by atoms with E-state index in [2.05, 4.69) is 34.0 Å². The van der Waals surface area contributed by atoms with E-state index in [1.165, 1.54) is 5.69 Å². The maximum absolute atomic E-state index is 12.6. The molecule has 1 aromatic heterocycles. The maximum atomic E-state index is 12.6. The number of aryl methyl sites for hydroxylation is 1. The molecule has 0 unspecified atom stereocenters.